The minimum Gasteiger partial charge on any atom is -0.380 e. The van der Waals surface area contributed by atoms with Crippen LogP contribution in [-0.4, -0.2) is 12.8 Å². The molecule has 0 aliphatic heterocycles. The summed E-state index contributed by atoms with van der Waals surface area (Å²) in [6.07, 6.45) is 2.05. The van der Waals surface area contributed by atoms with Crippen molar-refractivity contribution < 1.29 is 0 Å². The lowest BCUT2D eigenvalue weighted by Crippen LogP contribution is -2.00. The molecule has 0 saturated heterocycles. The normalized spacial score (nSPS) is 11.5. The molecule has 0 heterocycles. The van der Waals surface area contributed by atoms with E-state index in [2.05, 4.69) is 23.7 Å². The molecule has 0 radical (unpaired) electrons. The Balaban J connectivity index is 2.52. The summed E-state index contributed by atoms with van der Waals surface area (Å²) in [4.78, 5) is 1.24. The summed E-state index contributed by atoms with van der Waals surface area (Å²) in [6, 6.07) is 8.16. The van der Waals surface area contributed by atoms with Crippen molar-refractivity contribution in [1.29, 1.82) is 0 Å². The second-order valence-electron chi connectivity index (χ2n) is 2.64. The molecule has 1 aromatic rings. The minimum absolute atomic E-state index is 0.559. The molecule has 0 fully saturated rings. The Hall–Kier alpha value is -0.310. The maximum Gasteiger partial charge on any atom is 0.0516 e. The highest BCUT2D eigenvalue weighted by atomic mass is 35.5. The van der Waals surface area contributed by atoms with Gasteiger partial charge in [-0.25, -0.2) is 0 Å². The number of hydrogen-bond acceptors (Lipinski definition) is 2. The summed E-state index contributed by atoms with van der Waals surface area (Å²) in [5, 5.41) is 3.75. The number of benzene rings is 1. The first kappa shape index (κ1) is 11.8. The molecule has 4 heteroatoms. The van der Waals surface area contributed by atoms with Crippen LogP contribution >= 0.6 is 35.0 Å². The number of nitrogens with one attached hydrogen (secondary N) is 1. The maximum atomic E-state index is 5.74. The van der Waals surface area contributed by atoms with E-state index in [1.807, 2.05) is 12.1 Å². The van der Waals surface area contributed by atoms with Crippen molar-refractivity contribution in [3.05, 3.63) is 34.8 Å². The SMILES string of the molecule is CSc1ccc(NCC(Cl)=CCl)cc1. The van der Waals surface area contributed by atoms with Crippen molar-refractivity contribution >= 4 is 40.7 Å². The van der Waals surface area contributed by atoms with Gasteiger partial charge in [0.1, 0.15) is 0 Å². The highest BCUT2D eigenvalue weighted by Crippen LogP contribution is 2.17. The van der Waals surface area contributed by atoms with Crippen molar-refractivity contribution in [1.82, 2.24) is 0 Å². The monoisotopic (exact) mass is 247 g/mol. The van der Waals surface area contributed by atoms with E-state index in [1.54, 1.807) is 11.8 Å². The van der Waals surface area contributed by atoms with E-state index in [0.717, 1.165) is 5.69 Å². The average Bonchev–Trinajstić information content (AvgIpc) is 2.26. The van der Waals surface area contributed by atoms with E-state index in [9.17, 15) is 0 Å². The number of hydrogen-bond donors (Lipinski definition) is 1. The summed E-state index contributed by atoms with van der Waals surface area (Å²) in [5.74, 6) is 0. The Labute approximate surface area is 98.5 Å². The summed E-state index contributed by atoms with van der Waals surface area (Å²) >= 11 is 12.9. The van der Waals surface area contributed by atoms with E-state index in [4.69, 9.17) is 23.2 Å². The lowest BCUT2D eigenvalue weighted by atomic mass is 10.3. The van der Waals surface area contributed by atoms with Crippen LogP contribution in [0.2, 0.25) is 0 Å². The lowest BCUT2D eigenvalue weighted by molar-refractivity contribution is 1.30. The van der Waals surface area contributed by atoms with Crippen molar-refractivity contribution in [3.63, 3.8) is 0 Å². The Morgan fingerprint density at radius 1 is 1.43 bits per heavy atom. The first-order valence-electron chi connectivity index (χ1n) is 4.09. The third-order valence-electron chi connectivity index (χ3n) is 1.67. The van der Waals surface area contributed by atoms with Gasteiger partial charge in [0.15, 0.2) is 0 Å². The van der Waals surface area contributed by atoms with Crippen LogP contribution in [0.3, 0.4) is 0 Å². The summed E-state index contributed by atoms with van der Waals surface area (Å²) in [7, 11) is 0. The van der Waals surface area contributed by atoms with Crippen LogP contribution in [0.4, 0.5) is 5.69 Å². The molecule has 76 valence electrons. The first-order chi connectivity index (χ1) is 6.76. The molecule has 0 bridgehead atoms. The maximum absolute atomic E-state index is 5.74. The molecule has 0 amide bonds. The molecule has 1 rings (SSSR count). The van der Waals surface area contributed by atoms with Gasteiger partial charge in [-0.3, -0.25) is 0 Å². The molecule has 14 heavy (non-hydrogen) atoms. The summed E-state index contributed by atoms with van der Waals surface area (Å²) in [6.45, 7) is 0.559. The van der Waals surface area contributed by atoms with Gasteiger partial charge in [0.2, 0.25) is 0 Å². The van der Waals surface area contributed by atoms with Gasteiger partial charge in [-0.05, 0) is 30.5 Å². The number of rotatable bonds is 4. The fourth-order valence-electron chi connectivity index (χ4n) is 0.934. The van der Waals surface area contributed by atoms with Crippen LogP contribution in [0.1, 0.15) is 0 Å². The van der Waals surface area contributed by atoms with Crippen LogP contribution in [-0.2, 0) is 0 Å². The van der Waals surface area contributed by atoms with Crippen LogP contribution in [0, 0.1) is 0 Å². The largest absolute Gasteiger partial charge is 0.380 e. The standard InChI is InChI=1S/C10H11Cl2NS/c1-14-10-4-2-9(3-5-10)13-7-8(12)6-11/h2-6,13H,7H2,1H3. The molecule has 0 saturated carbocycles. The van der Waals surface area contributed by atoms with E-state index >= 15 is 0 Å². The number of anilines is 1. The summed E-state index contributed by atoms with van der Waals surface area (Å²) in [5.41, 5.74) is 2.41. The van der Waals surface area contributed by atoms with Crippen molar-refractivity contribution in [2.45, 2.75) is 4.90 Å². The predicted molar refractivity (Wildman–Crippen MR) is 66.5 cm³/mol. The second kappa shape index (κ2) is 6.23. The van der Waals surface area contributed by atoms with E-state index < -0.39 is 0 Å². The third kappa shape index (κ3) is 3.82. The smallest absolute Gasteiger partial charge is 0.0516 e. The highest BCUT2D eigenvalue weighted by molar-refractivity contribution is 7.98. The minimum atomic E-state index is 0.559. The van der Waals surface area contributed by atoms with Gasteiger partial charge in [0.05, 0.1) is 6.54 Å². The quantitative estimate of drug-likeness (QED) is 0.803. The fraction of sp³-hybridized carbons (Fsp3) is 0.200. The fourth-order valence-corrected chi connectivity index (χ4v) is 1.49. The zero-order valence-corrected chi connectivity index (χ0v) is 10.1. The van der Waals surface area contributed by atoms with Crippen molar-refractivity contribution in [2.24, 2.45) is 0 Å². The van der Waals surface area contributed by atoms with E-state index in [1.165, 1.54) is 10.4 Å². The molecular weight excluding hydrogens is 237 g/mol. The molecule has 0 unspecified atom stereocenters. The van der Waals surface area contributed by atoms with Gasteiger partial charge >= 0.3 is 0 Å². The topological polar surface area (TPSA) is 12.0 Å². The number of halogens is 2. The van der Waals surface area contributed by atoms with Crippen LogP contribution in [0.25, 0.3) is 0 Å². The van der Waals surface area contributed by atoms with Crippen molar-refractivity contribution in [2.75, 3.05) is 18.1 Å². The molecule has 0 spiro atoms. The Morgan fingerprint density at radius 2 is 2.07 bits per heavy atom. The third-order valence-corrected chi connectivity index (χ3v) is 3.03. The van der Waals surface area contributed by atoms with Gasteiger partial charge in [-0.15, -0.1) is 11.8 Å². The Morgan fingerprint density at radius 3 is 2.57 bits per heavy atom. The first-order valence-corrected chi connectivity index (χ1v) is 6.13. The van der Waals surface area contributed by atoms with Gasteiger partial charge in [-0.1, -0.05) is 23.2 Å². The number of thioether (sulfide) groups is 1. The predicted octanol–water partition coefficient (Wildman–Crippen LogP) is 4.14. The molecule has 0 aliphatic rings. The molecule has 1 nitrogen and oxygen atoms in total. The van der Waals surface area contributed by atoms with Gasteiger partial charge in [0.25, 0.3) is 0 Å². The second-order valence-corrected chi connectivity index (χ2v) is 4.22. The van der Waals surface area contributed by atoms with E-state index in [0.29, 0.717) is 11.6 Å². The van der Waals surface area contributed by atoms with Crippen molar-refractivity contribution in [3.8, 4) is 0 Å². The Kier molecular flexibility index (Phi) is 5.23. The van der Waals surface area contributed by atoms with Gasteiger partial charge in [-0.2, -0.15) is 0 Å². The zero-order valence-electron chi connectivity index (χ0n) is 7.76. The lowest BCUT2D eigenvalue weighted by Gasteiger charge is -2.05. The van der Waals surface area contributed by atoms with E-state index in [-0.39, 0.29) is 0 Å². The van der Waals surface area contributed by atoms with Gasteiger partial charge < -0.3 is 5.32 Å². The van der Waals surface area contributed by atoms with Crippen LogP contribution < -0.4 is 5.32 Å². The molecular formula is C10H11Cl2NS. The Bertz CT molecular complexity index is 308. The molecule has 0 aliphatic carbocycles. The zero-order chi connectivity index (χ0) is 10.4. The molecule has 1 aromatic carbocycles. The average molecular weight is 248 g/mol. The summed E-state index contributed by atoms with van der Waals surface area (Å²) < 4.78 is 0. The molecule has 1 N–H and O–H groups in total. The highest BCUT2D eigenvalue weighted by Gasteiger charge is 1.94. The van der Waals surface area contributed by atoms with Crippen LogP contribution in [0.15, 0.2) is 39.7 Å². The van der Waals surface area contributed by atoms with Gasteiger partial charge in [0, 0.05) is 21.2 Å². The van der Waals surface area contributed by atoms with Crippen LogP contribution in [0.5, 0.6) is 0 Å². The molecule has 0 atom stereocenters. The molecule has 0 aromatic heterocycles.